The third kappa shape index (κ3) is 1.85. The van der Waals surface area contributed by atoms with Crippen molar-refractivity contribution in [3.63, 3.8) is 0 Å². The van der Waals surface area contributed by atoms with E-state index in [-0.39, 0.29) is 17.6 Å². The summed E-state index contributed by atoms with van der Waals surface area (Å²) in [6.45, 7) is 8.51. The van der Waals surface area contributed by atoms with E-state index in [1.54, 1.807) is 0 Å². The molecule has 3 nitrogen and oxygen atoms in total. The Morgan fingerprint density at radius 1 is 1.46 bits per heavy atom. The van der Waals surface area contributed by atoms with E-state index in [0.29, 0.717) is 6.04 Å². The number of nitrogens with zero attached hydrogens (tertiary/aromatic N) is 1. The quantitative estimate of drug-likeness (QED) is 0.579. The van der Waals surface area contributed by atoms with Gasteiger partial charge in [-0.25, -0.2) is 0 Å². The molecule has 0 aliphatic carbocycles. The molecule has 76 valence electrons. The van der Waals surface area contributed by atoms with Crippen LogP contribution in [0.15, 0.2) is 0 Å². The number of methoxy groups -OCH3 is 1. The fourth-order valence-electron chi connectivity index (χ4n) is 2.19. The highest BCUT2D eigenvalue weighted by Gasteiger charge is 2.46. The fourth-order valence-corrected chi connectivity index (χ4v) is 2.19. The molecule has 0 N–H and O–H groups in total. The lowest BCUT2D eigenvalue weighted by molar-refractivity contribution is -0.162. The molecular formula is C10H19NO2. The minimum atomic E-state index is -0.104. The SMILES string of the molecule is COC(=O)C1CC(C)N1C(C)(C)C. The largest absolute Gasteiger partial charge is 0.468 e. The lowest BCUT2D eigenvalue weighted by Crippen LogP contribution is -2.65. The highest BCUT2D eigenvalue weighted by Crippen LogP contribution is 2.33. The van der Waals surface area contributed by atoms with E-state index in [2.05, 4.69) is 32.6 Å². The van der Waals surface area contributed by atoms with E-state index in [9.17, 15) is 4.79 Å². The zero-order chi connectivity index (χ0) is 10.2. The summed E-state index contributed by atoms with van der Waals surface area (Å²) in [6, 6.07) is 0.462. The molecule has 0 spiro atoms. The van der Waals surface area contributed by atoms with Crippen molar-refractivity contribution >= 4 is 5.97 Å². The van der Waals surface area contributed by atoms with Crippen LogP contribution in [0.1, 0.15) is 34.1 Å². The van der Waals surface area contributed by atoms with Crippen molar-refractivity contribution in [1.29, 1.82) is 0 Å². The number of hydrogen-bond acceptors (Lipinski definition) is 3. The van der Waals surface area contributed by atoms with Crippen molar-refractivity contribution in [2.24, 2.45) is 0 Å². The van der Waals surface area contributed by atoms with Gasteiger partial charge >= 0.3 is 5.97 Å². The summed E-state index contributed by atoms with van der Waals surface area (Å²) in [4.78, 5) is 13.5. The Balaban J connectivity index is 2.67. The van der Waals surface area contributed by atoms with Crippen molar-refractivity contribution < 1.29 is 9.53 Å². The summed E-state index contributed by atoms with van der Waals surface area (Å²) < 4.78 is 4.75. The molecule has 3 heteroatoms. The van der Waals surface area contributed by atoms with E-state index >= 15 is 0 Å². The van der Waals surface area contributed by atoms with Crippen LogP contribution >= 0.6 is 0 Å². The van der Waals surface area contributed by atoms with E-state index in [1.165, 1.54) is 7.11 Å². The lowest BCUT2D eigenvalue weighted by Gasteiger charge is -2.52. The molecule has 1 saturated heterocycles. The fraction of sp³-hybridized carbons (Fsp3) is 0.900. The first kappa shape index (κ1) is 10.5. The van der Waals surface area contributed by atoms with Gasteiger partial charge in [0, 0.05) is 11.6 Å². The van der Waals surface area contributed by atoms with Gasteiger partial charge in [-0.05, 0) is 34.1 Å². The van der Waals surface area contributed by atoms with E-state index < -0.39 is 0 Å². The van der Waals surface area contributed by atoms with Crippen molar-refractivity contribution in [2.75, 3.05) is 7.11 Å². The van der Waals surface area contributed by atoms with Crippen LogP contribution in [0.2, 0.25) is 0 Å². The summed E-state index contributed by atoms with van der Waals surface area (Å²) in [7, 11) is 1.45. The van der Waals surface area contributed by atoms with Gasteiger partial charge < -0.3 is 4.74 Å². The number of rotatable bonds is 1. The van der Waals surface area contributed by atoms with Gasteiger partial charge in [-0.15, -0.1) is 0 Å². The van der Waals surface area contributed by atoms with Crippen LogP contribution in [0.25, 0.3) is 0 Å². The van der Waals surface area contributed by atoms with E-state index in [0.717, 1.165) is 6.42 Å². The number of carbonyl (C=O) groups is 1. The minimum absolute atomic E-state index is 0.0278. The predicted octanol–water partition coefficient (Wildman–Crippen LogP) is 1.42. The maximum absolute atomic E-state index is 11.3. The highest BCUT2D eigenvalue weighted by atomic mass is 16.5. The first-order valence-electron chi connectivity index (χ1n) is 4.74. The molecule has 1 aliphatic rings. The second-order valence-electron chi connectivity index (χ2n) is 4.70. The van der Waals surface area contributed by atoms with Crippen LogP contribution in [0, 0.1) is 0 Å². The Kier molecular flexibility index (Phi) is 2.66. The molecule has 13 heavy (non-hydrogen) atoms. The average molecular weight is 185 g/mol. The van der Waals surface area contributed by atoms with Gasteiger partial charge in [0.2, 0.25) is 0 Å². The van der Waals surface area contributed by atoms with Gasteiger partial charge in [-0.1, -0.05) is 0 Å². The Labute approximate surface area is 80.1 Å². The third-order valence-corrected chi connectivity index (χ3v) is 2.62. The molecule has 1 heterocycles. The molecule has 0 bridgehead atoms. The smallest absolute Gasteiger partial charge is 0.323 e. The maximum Gasteiger partial charge on any atom is 0.323 e. The predicted molar refractivity (Wildman–Crippen MR) is 51.5 cm³/mol. The van der Waals surface area contributed by atoms with Crippen LogP contribution in [0.4, 0.5) is 0 Å². The topological polar surface area (TPSA) is 29.5 Å². The molecule has 0 radical (unpaired) electrons. The average Bonchev–Trinajstić information content (AvgIpc) is 1.95. The molecular weight excluding hydrogens is 166 g/mol. The van der Waals surface area contributed by atoms with Crippen LogP contribution in [-0.4, -0.2) is 35.6 Å². The lowest BCUT2D eigenvalue weighted by atomic mass is 9.87. The number of ether oxygens (including phenoxy) is 1. The summed E-state index contributed by atoms with van der Waals surface area (Å²) in [6.07, 6.45) is 0.921. The van der Waals surface area contributed by atoms with Gasteiger partial charge in [-0.3, -0.25) is 9.69 Å². The van der Waals surface area contributed by atoms with Crippen molar-refractivity contribution in [2.45, 2.75) is 51.7 Å². The zero-order valence-electron chi connectivity index (χ0n) is 9.13. The molecule has 1 rings (SSSR count). The Bertz CT molecular complexity index is 207. The summed E-state index contributed by atoms with van der Waals surface area (Å²) in [5.74, 6) is -0.104. The summed E-state index contributed by atoms with van der Waals surface area (Å²) >= 11 is 0. The summed E-state index contributed by atoms with van der Waals surface area (Å²) in [5.41, 5.74) is 0.0521. The van der Waals surface area contributed by atoms with E-state index in [4.69, 9.17) is 4.74 Å². The first-order chi connectivity index (χ1) is 5.88. The standard InChI is InChI=1S/C10H19NO2/c1-7-6-8(9(12)13-5)11(7)10(2,3)4/h7-8H,6H2,1-5H3. The molecule has 2 atom stereocenters. The highest BCUT2D eigenvalue weighted by molar-refractivity contribution is 5.77. The minimum Gasteiger partial charge on any atom is -0.468 e. The molecule has 1 aliphatic heterocycles. The Morgan fingerprint density at radius 3 is 2.31 bits per heavy atom. The molecule has 0 amide bonds. The normalized spacial score (nSPS) is 29.6. The zero-order valence-corrected chi connectivity index (χ0v) is 9.13. The molecule has 2 unspecified atom stereocenters. The molecule has 0 aromatic rings. The maximum atomic E-state index is 11.3. The van der Waals surface area contributed by atoms with Gasteiger partial charge in [0.25, 0.3) is 0 Å². The Morgan fingerprint density at radius 2 is 2.00 bits per heavy atom. The van der Waals surface area contributed by atoms with Gasteiger partial charge in [0.15, 0.2) is 0 Å². The third-order valence-electron chi connectivity index (χ3n) is 2.62. The van der Waals surface area contributed by atoms with Crippen LogP contribution in [0.5, 0.6) is 0 Å². The molecule has 0 aromatic carbocycles. The first-order valence-corrected chi connectivity index (χ1v) is 4.74. The van der Waals surface area contributed by atoms with Crippen molar-refractivity contribution in [3.8, 4) is 0 Å². The number of hydrogen-bond donors (Lipinski definition) is 0. The number of carbonyl (C=O) groups excluding carboxylic acids is 1. The molecule has 1 fully saturated rings. The second-order valence-corrected chi connectivity index (χ2v) is 4.70. The summed E-state index contributed by atoms with van der Waals surface area (Å²) in [5, 5.41) is 0. The van der Waals surface area contributed by atoms with Crippen LogP contribution in [-0.2, 0) is 9.53 Å². The second kappa shape index (κ2) is 3.29. The van der Waals surface area contributed by atoms with Gasteiger partial charge in [0.05, 0.1) is 7.11 Å². The van der Waals surface area contributed by atoms with Crippen molar-refractivity contribution in [1.82, 2.24) is 4.90 Å². The molecule has 0 saturated carbocycles. The monoisotopic (exact) mass is 185 g/mol. The van der Waals surface area contributed by atoms with E-state index in [1.807, 2.05) is 0 Å². The van der Waals surface area contributed by atoms with Gasteiger partial charge in [0.1, 0.15) is 6.04 Å². The Hall–Kier alpha value is -0.570. The van der Waals surface area contributed by atoms with Crippen LogP contribution in [0.3, 0.4) is 0 Å². The van der Waals surface area contributed by atoms with Gasteiger partial charge in [-0.2, -0.15) is 0 Å². The van der Waals surface area contributed by atoms with Crippen LogP contribution < -0.4 is 0 Å². The number of likely N-dealkylation sites (tertiary alicyclic amines) is 1. The molecule has 0 aromatic heterocycles. The number of esters is 1. The van der Waals surface area contributed by atoms with Crippen molar-refractivity contribution in [3.05, 3.63) is 0 Å².